The molecule has 188 valence electrons. The van der Waals surface area contributed by atoms with Crippen LogP contribution in [0.4, 0.5) is 30.2 Å². The summed E-state index contributed by atoms with van der Waals surface area (Å²) in [5.74, 6) is -0.322. The van der Waals surface area contributed by atoms with Gasteiger partial charge in [-0.15, -0.1) is 0 Å². The van der Waals surface area contributed by atoms with Gasteiger partial charge < -0.3 is 10.6 Å². The van der Waals surface area contributed by atoms with E-state index in [1.807, 2.05) is 54.6 Å². The van der Waals surface area contributed by atoms with Crippen molar-refractivity contribution in [3.63, 3.8) is 0 Å². The second kappa shape index (κ2) is 10.2. The highest BCUT2D eigenvalue weighted by molar-refractivity contribution is 6.01. The van der Waals surface area contributed by atoms with Gasteiger partial charge in [0.1, 0.15) is 6.33 Å². The maximum atomic E-state index is 13.3. The van der Waals surface area contributed by atoms with E-state index in [1.54, 1.807) is 18.3 Å². The lowest BCUT2D eigenvalue weighted by Gasteiger charge is -2.16. The van der Waals surface area contributed by atoms with Gasteiger partial charge in [-0.3, -0.25) is 4.79 Å². The summed E-state index contributed by atoms with van der Waals surface area (Å²) < 4.78 is 39.8. The maximum absolute atomic E-state index is 13.3. The molecule has 8 heteroatoms. The first-order valence-electron chi connectivity index (χ1n) is 11.6. The summed E-state index contributed by atoms with van der Waals surface area (Å²) in [6.07, 6.45) is -0.0616. The highest BCUT2D eigenvalue weighted by atomic mass is 19.4. The van der Waals surface area contributed by atoms with Crippen LogP contribution in [0.2, 0.25) is 0 Å². The van der Waals surface area contributed by atoms with Crippen molar-refractivity contribution in [1.29, 1.82) is 0 Å². The molecule has 1 amide bonds. The largest absolute Gasteiger partial charge is 0.416 e. The van der Waals surface area contributed by atoms with Crippen molar-refractivity contribution >= 4 is 33.9 Å². The summed E-state index contributed by atoms with van der Waals surface area (Å²) >= 11 is 0. The molecule has 0 unspecified atom stereocenters. The summed E-state index contributed by atoms with van der Waals surface area (Å²) in [7, 11) is 0. The van der Waals surface area contributed by atoms with Gasteiger partial charge in [-0.2, -0.15) is 13.2 Å². The molecule has 0 radical (unpaired) electrons. The van der Waals surface area contributed by atoms with E-state index < -0.39 is 11.7 Å². The van der Waals surface area contributed by atoms with E-state index in [1.165, 1.54) is 18.5 Å². The Morgan fingerprint density at radius 2 is 1.63 bits per heavy atom. The van der Waals surface area contributed by atoms with Gasteiger partial charge in [-0.25, -0.2) is 9.97 Å². The fraction of sp³-hybridized carbons (Fsp3) is 0.0333. The summed E-state index contributed by atoms with van der Waals surface area (Å²) in [5, 5.41) is 6.69. The quantitative estimate of drug-likeness (QED) is 0.228. The average molecular weight is 511 g/mol. The molecule has 2 N–H and O–H groups in total. The molecule has 0 aliphatic carbocycles. The van der Waals surface area contributed by atoms with Crippen LogP contribution in [0.5, 0.6) is 0 Å². The molecule has 38 heavy (non-hydrogen) atoms. The van der Waals surface area contributed by atoms with E-state index >= 15 is 0 Å². The summed E-state index contributed by atoms with van der Waals surface area (Å²) in [6, 6.07) is 23.7. The molecule has 4 aromatic carbocycles. The number of alkyl halides is 3. The SMILES string of the molecule is C=CC(=O)Nc1cccc(-c2cc(-c3ccccc3Nc3cccc(C(F)(F)F)c3)cc3cncnc23)c1. The highest BCUT2D eigenvalue weighted by Gasteiger charge is 2.30. The zero-order valence-electron chi connectivity index (χ0n) is 20.0. The first kappa shape index (κ1) is 24.7. The summed E-state index contributed by atoms with van der Waals surface area (Å²) in [6.45, 7) is 3.49. The smallest absolute Gasteiger partial charge is 0.355 e. The molecular formula is C30H21F3N4O. The van der Waals surface area contributed by atoms with E-state index in [9.17, 15) is 18.0 Å². The number of hydrogen-bond acceptors (Lipinski definition) is 4. The zero-order valence-corrected chi connectivity index (χ0v) is 20.0. The van der Waals surface area contributed by atoms with E-state index in [0.717, 1.165) is 45.3 Å². The third-order valence-corrected chi connectivity index (χ3v) is 5.94. The molecule has 0 aliphatic heterocycles. The van der Waals surface area contributed by atoms with Crippen LogP contribution in [-0.2, 0) is 11.0 Å². The molecule has 5 aromatic rings. The number of halogens is 3. The van der Waals surface area contributed by atoms with Gasteiger partial charge in [-0.1, -0.05) is 43.0 Å². The minimum absolute atomic E-state index is 0.322. The number of aromatic nitrogens is 2. The number of hydrogen-bond donors (Lipinski definition) is 2. The molecule has 1 aromatic heterocycles. The van der Waals surface area contributed by atoms with E-state index in [2.05, 4.69) is 27.2 Å². The van der Waals surface area contributed by atoms with Gasteiger partial charge in [0.05, 0.1) is 11.1 Å². The molecule has 1 heterocycles. The van der Waals surface area contributed by atoms with Crippen molar-refractivity contribution in [2.24, 2.45) is 0 Å². The maximum Gasteiger partial charge on any atom is 0.416 e. The lowest BCUT2D eigenvalue weighted by molar-refractivity contribution is -0.137. The topological polar surface area (TPSA) is 66.9 Å². The van der Waals surface area contributed by atoms with Crippen LogP contribution >= 0.6 is 0 Å². The van der Waals surface area contributed by atoms with Crippen LogP contribution in [0.3, 0.4) is 0 Å². The number of benzene rings is 4. The molecule has 5 rings (SSSR count). The van der Waals surface area contributed by atoms with Crippen molar-refractivity contribution in [3.8, 4) is 22.3 Å². The third-order valence-electron chi connectivity index (χ3n) is 5.94. The molecule has 0 spiro atoms. The number of carbonyl (C=O) groups excluding carboxylic acids is 1. The molecule has 0 fully saturated rings. The number of nitrogens with one attached hydrogen (secondary N) is 2. The second-order valence-electron chi connectivity index (χ2n) is 8.51. The van der Waals surface area contributed by atoms with Gasteiger partial charge >= 0.3 is 6.18 Å². The van der Waals surface area contributed by atoms with Crippen LogP contribution in [-0.4, -0.2) is 15.9 Å². The first-order chi connectivity index (χ1) is 18.3. The second-order valence-corrected chi connectivity index (χ2v) is 8.51. The Morgan fingerprint density at radius 1 is 0.842 bits per heavy atom. The van der Waals surface area contributed by atoms with Crippen molar-refractivity contribution in [2.75, 3.05) is 10.6 Å². The fourth-order valence-corrected chi connectivity index (χ4v) is 4.21. The van der Waals surface area contributed by atoms with Crippen LogP contribution in [0.15, 0.2) is 110 Å². The third kappa shape index (κ3) is 5.24. The molecule has 5 nitrogen and oxygen atoms in total. The van der Waals surface area contributed by atoms with Crippen LogP contribution in [0.1, 0.15) is 5.56 Å². The van der Waals surface area contributed by atoms with Crippen LogP contribution < -0.4 is 10.6 Å². The number of fused-ring (bicyclic) bond motifs is 1. The predicted molar refractivity (Wildman–Crippen MR) is 144 cm³/mol. The van der Waals surface area contributed by atoms with Gasteiger partial charge in [0.15, 0.2) is 0 Å². The predicted octanol–water partition coefficient (Wildman–Crippen LogP) is 7.85. The van der Waals surface area contributed by atoms with Gasteiger partial charge in [0.2, 0.25) is 5.91 Å². The molecule has 0 bridgehead atoms. The Balaban J connectivity index is 1.61. The molecule has 0 saturated carbocycles. The van der Waals surface area contributed by atoms with Crippen LogP contribution in [0, 0.1) is 0 Å². The summed E-state index contributed by atoms with van der Waals surface area (Å²) in [4.78, 5) is 20.5. The van der Waals surface area contributed by atoms with Crippen molar-refractivity contribution in [2.45, 2.75) is 6.18 Å². The minimum atomic E-state index is -4.44. The first-order valence-corrected chi connectivity index (χ1v) is 11.6. The molecule has 0 aliphatic rings. The van der Waals surface area contributed by atoms with Crippen molar-refractivity contribution < 1.29 is 18.0 Å². The van der Waals surface area contributed by atoms with Crippen molar-refractivity contribution in [3.05, 3.63) is 116 Å². The normalized spacial score (nSPS) is 11.2. The number of carbonyl (C=O) groups is 1. The van der Waals surface area contributed by atoms with Gasteiger partial charge in [0, 0.05) is 39.8 Å². The Hall–Kier alpha value is -4.98. The number of amides is 1. The lowest BCUT2D eigenvalue weighted by Crippen LogP contribution is -2.07. The molecule has 0 atom stereocenters. The Labute approximate surface area is 216 Å². The van der Waals surface area contributed by atoms with E-state index in [0.29, 0.717) is 17.1 Å². The number of para-hydroxylation sites is 1. The van der Waals surface area contributed by atoms with Gasteiger partial charge in [-0.05, 0) is 65.7 Å². The average Bonchev–Trinajstić information content (AvgIpc) is 2.92. The van der Waals surface area contributed by atoms with E-state index in [-0.39, 0.29) is 5.91 Å². The standard InChI is InChI=1S/C30H21F3N4O/c1-2-28(38)37-23-9-5-7-19(14-23)26-15-20(13-21-17-34-18-35-29(21)26)25-11-3-4-12-27(25)36-24-10-6-8-22(16-24)30(31,32)33/h2-18,36H,1H2,(H,37,38). The Morgan fingerprint density at radius 3 is 2.45 bits per heavy atom. The number of anilines is 3. The lowest BCUT2D eigenvalue weighted by atomic mass is 9.95. The fourth-order valence-electron chi connectivity index (χ4n) is 4.21. The highest BCUT2D eigenvalue weighted by Crippen LogP contribution is 2.38. The summed E-state index contributed by atoms with van der Waals surface area (Å²) in [5.41, 5.74) is 4.79. The minimum Gasteiger partial charge on any atom is -0.355 e. The zero-order chi connectivity index (χ0) is 26.7. The van der Waals surface area contributed by atoms with E-state index in [4.69, 9.17) is 0 Å². The monoisotopic (exact) mass is 510 g/mol. The Bertz CT molecular complexity index is 1660. The molecular weight excluding hydrogens is 489 g/mol. The number of nitrogens with zero attached hydrogens (tertiary/aromatic N) is 2. The van der Waals surface area contributed by atoms with Crippen LogP contribution in [0.25, 0.3) is 33.2 Å². The van der Waals surface area contributed by atoms with Crippen molar-refractivity contribution in [1.82, 2.24) is 9.97 Å². The Kier molecular flexibility index (Phi) is 6.62. The number of rotatable bonds is 6. The van der Waals surface area contributed by atoms with Gasteiger partial charge in [0.25, 0.3) is 0 Å². The molecule has 0 saturated heterocycles.